The van der Waals surface area contributed by atoms with Crippen molar-refractivity contribution >= 4 is 40.6 Å². The summed E-state index contributed by atoms with van der Waals surface area (Å²) >= 11 is 17.8. The van der Waals surface area contributed by atoms with Gasteiger partial charge in [0, 0.05) is 10.6 Å². The maximum absolute atomic E-state index is 9.05. The minimum Gasteiger partial charge on any atom is -0.290 e. The van der Waals surface area contributed by atoms with Gasteiger partial charge in [-0.3, -0.25) is 15.7 Å². The molecular formula is C11H13Cl3N2O. The average Bonchev–Trinajstić information content (AvgIpc) is 2.19. The standard InChI is InChI=1S/C11H13Cl3N2O/c1-11(2,14)6-15-10(16-17)8-4-3-7(12)5-9(8)13/h3-5,17H,6H2,1-2H3,(H,15,16). The number of aliphatic imine (C=N–C) groups is 1. The van der Waals surface area contributed by atoms with E-state index in [9.17, 15) is 0 Å². The Morgan fingerprint density at radius 1 is 1.41 bits per heavy atom. The third kappa shape index (κ3) is 4.72. The summed E-state index contributed by atoms with van der Waals surface area (Å²) in [6, 6.07) is 4.92. The van der Waals surface area contributed by atoms with Crippen LogP contribution in [-0.4, -0.2) is 22.5 Å². The van der Waals surface area contributed by atoms with Crippen molar-refractivity contribution < 1.29 is 5.21 Å². The van der Waals surface area contributed by atoms with Crippen molar-refractivity contribution in [3.05, 3.63) is 33.8 Å². The van der Waals surface area contributed by atoms with Gasteiger partial charge in [-0.05, 0) is 32.0 Å². The number of nitrogens with one attached hydrogen (secondary N) is 1. The number of benzene rings is 1. The zero-order valence-electron chi connectivity index (χ0n) is 9.47. The molecule has 94 valence electrons. The minimum atomic E-state index is -0.485. The van der Waals surface area contributed by atoms with E-state index < -0.39 is 4.87 Å². The van der Waals surface area contributed by atoms with E-state index >= 15 is 0 Å². The fourth-order valence-corrected chi connectivity index (χ4v) is 1.69. The molecule has 1 aromatic rings. The van der Waals surface area contributed by atoms with Crippen molar-refractivity contribution in [3.63, 3.8) is 0 Å². The zero-order valence-corrected chi connectivity index (χ0v) is 11.7. The van der Waals surface area contributed by atoms with Gasteiger partial charge in [0.25, 0.3) is 0 Å². The predicted molar refractivity (Wildman–Crippen MR) is 72.7 cm³/mol. The van der Waals surface area contributed by atoms with Crippen molar-refractivity contribution in [2.75, 3.05) is 6.54 Å². The number of amidine groups is 1. The molecular weight excluding hydrogens is 282 g/mol. The van der Waals surface area contributed by atoms with Gasteiger partial charge in [0.2, 0.25) is 0 Å². The normalized spacial score (nSPS) is 12.7. The Balaban J connectivity index is 3.01. The van der Waals surface area contributed by atoms with Crippen molar-refractivity contribution in [2.45, 2.75) is 18.7 Å². The summed E-state index contributed by atoms with van der Waals surface area (Å²) in [5.74, 6) is 0.264. The zero-order chi connectivity index (χ0) is 13.1. The van der Waals surface area contributed by atoms with Crippen molar-refractivity contribution in [1.82, 2.24) is 5.48 Å². The van der Waals surface area contributed by atoms with E-state index in [1.807, 2.05) is 19.3 Å². The van der Waals surface area contributed by atoms with Crippen molar-refractivity contribution in [2.24, 2.45) is 4.99 Å². The Bertz CT molecular complexity index is 427. The Labute approximate surface area is 115 Å². The first-order valence-corrected chi connectivity index (χ1v) is 6.06. The molecule has 0 unspecified atom stereocenters. The second-order valence-corrected chi connectivity index (χ2v) is 5.99. The fraction of sp³-hybridized carbons (Fsp3) is 0.364. The fourth-order valence-electron chi connectivity index (χ4n) is 1.13. The summed E-state index contributed by atoms with van der Waals surface area (Å²) in [7, 11) is 0. The van der Waals surface area contributed by atoms with Crippen LogP contribution in [0.4, 0.5) is 0 Å². The quantitative estimate of drug-likeness (QED) is 0.386. The van der Waals surface area contributed by atoms with Crippen LogP contribution in [0, 0.1) is 0 Å². The molecule has 0 saturated carbocycles. The second kappa shape index (κ2) is 5.91. The molecule has 0 aliphatic heterocycles. The Kier molecular flexibility index (Phi) is 5.07. The number of halogens is 3. The number of hydrogen-bond acceptors (Lipinski definition) is 2. The predicted octanol–water partition coefficient (Wildman–Crippen LogP) is 3.74. The monoisotopic (exact) mass is 294 g/mol. The molecule has 0 fully saturated rings. The molecule has 0 bridgehead atoms. The lowest BCUT2D eigenvalue weighted by atomic mass is 10.2. The summed E-state index contributed by atoms with van der Waals surface area (Å²) < 4.78 is 0. The van der Waals surface area contributed by atoms with Crippen LogP contribution in [0.1, 0.15) is 19.4 Å². The van der Waals surface area contributed by atoms with Gasteiger partial charge in [0.15, 0.2) is 5.84 Å². The summed E-state index contributed by atoms with van der Waals surface area (Å²) in [6.07, 6.45) is 0. The topological polar surface area (TPSA) is 44.6 Å². The maximum atomic E-state index is 9.05. The van der Waals surface area contributed by atoms with Crippen LogP contribution in [0.3, 0.4) is 0 Å². The summed E-state index contributed by atoms with van der Waals surface area (Å²) in [5, 5.41) is 9.98. The van der Waals surface area contributed by atoms with Gasteiger partial charge in [0.05, 0.1) is 16.4 Å². The van der Waals surface area contributed by atoms with Gasteiger partial charge in [0.1, 0.15) is 0 Å². The van der Waals surface area contributed by atoms with Gasteiger partial charge >= 0.3 is 0 Å². The lowest BCUT2D eigenvalue weighted by Gasteiger charge is -2.14. The van der Waals surface area contributed by atoms with Crippen LogP contribution in [0.15, 0.2) is 23.2 Å². The molecule has 0 amide bonds. The van der Waals surface area contributed by atoms with Gasteiger partial charge < -0.3 is 0 Å². The molecule has 0 saturated heterocycles. The summed E-state index contributed by atoms with van der Waals surface area (Å²) in [6.45, 7) is 4.00. The molecule has 6 heteroatoms. The Hall–Kier alpha value is -0.480. The smallest absolute Gasteiger partial charge is 0.153 e. The molecule has 0 aliphatic carbocycles. The lowest BCUT2D eigenvalue weighted by Crippen LogP contribution is -2.24. The van der Waals surface area contributed by atoms with Crippen LogP contribution in [0.2, 0.25) is 10.0 Å². The first-order valence-electron chi connectivity index (χ1n) is 4.92. The molecule has 3 nitrogen and oxygen atoms in total. The highest BCUT2D eigenvalue weighted by Crippen LogP contribution is 2.21. The van der Waals surface area contributed by atoms with Crippen molar-refractivity contribution in [1.29, 1.82) is 0 Å². The highest BCUT2D eigenvalue weighted by molar-refractivity contribution is 6.37. The molecule has 0 heterocycles. The van der Waals surface area contributed by atoms with Crippen LogP contribution < -0.4 is 5.48 Å². The SMILES string of the molecule is CC(C)(Cl)CN=C(NO)c1ccc(Cl)cc1Cl. The van der Waals surface area contributed by atoms with Crippen LogP contribution in [0.25, 0.3) is 0 Å². The van der Waals surface area contributed by atoms with Crippen molar-refractivity contribution in [3.8, 4) is 0 Å². The van der Waals surface area contributed by atoms with Gasteiger partial charge in [-0.25, -0.2) is 0 Å². The van der Waals surface area contributed by atoms with Crippen LogP contribution in [0.5, 0.6) is 0 Å². The molecule has 0 aromatic heterocycles. The third-order valence-corrected chi connectivity index (χ3v) is 2.57. The molecule has 1 rings (SSSR count). The molecule has 0 atom stereocenters. The average molecular weight is 296 g/mol. The largest absolute Gasteiger partial charge is 0.290 e. The van der Waals surface area contributed by atoms with E-state index in [2.05, 4.69) is 4.99 Å². The summed E-state index contributed by atoms with van der Waals surface area (Å²) in [4.78, 5) is 3.69. The third-order valence-electron chi connectivity index (χ3n) is 1.91. The molecule has 17 heavy (non-hydrogen) atoms. The number of hydrogen-bond donors (Lipinski definition) is 2. The molecule has 0 spiro atoms. The second-order valence-electron chi connectivity index (χ2n) is 4.12. The molecule has 0 radical (unpaired) electrons. The number of hydroxylamine groups is 1. The first kappa shape index (κ1) is 14.6. The number of rotatable bonds is 3. The molecule has 1 aromatic carbocycles. The highest BCUT2D eigenvalue weighted by atomic mass is 35.5. The number of alkyl halides is 1. The molecule has 0 aliphatic rings. The van der Waals surface area contributed by atoms with E-state index in [1.165, 1.54) is 0 Å². The van der Waals surface area contributed by atoms with E-state index in [0.29, 0.717) is 22.2 Å². The van der Waals surface area contributed by atoms with Gasteiger partial charge in [-0.2, -0.15) is 0 Å². The van der Waals surface area contributed by atoms with Crippen LogP contribution in [-0.2, 0) is 0 Å². The first-order chi connectivity index (χ1) is 7.83. The van der Waals surface area contributed by atoms with Gasteiger partial charge in [-0.15, -0.1) is 11.6 Å². The Morgan fingerprint density at radius 2 is 2.06 bits per heavy atom. The maximum Gasteiger partial charge on any atom is 0.153 e. The highest BCUT2D eigenvalue weighted by Gasteiger charge is 2.14. The van der Waals surface area contributed by atoms with E-state index in [4.69, 9.17) is 40.0 Å². The van der Waals surface area contributed by atoms with Crippen LogP contribution >= 0.6 is 34.8 Å². The van der Waals surface area contributed by atoms with E-state index in [1.54, 1.807) is 18.2 Å². The Morgan fingerprint density at radius 3 is 2.53 bits per heavy atom. The van der Waals surface area contributed by atoms with E-state index in [0.717, 1.165) is 0 Å². The molecule has 2 N–H and O–H groups in total. The lowest BCUT2D eigenvalue weighted by molar-refractivity contribution is 0.234. The van der Waals surface area contributed by atoms with E-state index in [-0.39, 0.29) is 5.84 Å². The minimum absolute atomic E-state index is 0.264. The van der Waals surface area contributed by atoms with Gasteiger partial charge in [-0.1, -0.05) is 23.2 Å². The summed E-state index contributed by atoms with van der Waals surface area (Å²) in [5.41, 5.74) is 2.58. The number of nitrogens with zero attached hydrogens (tertiary/aromatic N) is 1.